The van der Waals surface area contributed by atoms with Gasteiger partial charge in [0.05, 0.1) is 5.69 Å². The van der Waals surface area contributed by atoms with E-state index in [4.69, 9.17) is 5.73 Å². The highest BCUT2D eigenvalue weighted by Gasteiger charge is 2.37. The predicted molar refractivity (Wildman–Crippen MR) is 181 cm³/mol. The van der Waals surface area contributed by atoms with Crippen LogP contribution in [0.2, 0.25) is 0 Å². The number of amides is 2. The second kappa shape index (κ2) is 12.9. The minimum Gasteiger partial charge on any atom is -0.369 e. The van der Waals surface area contributed by atoms with Gasteiger partial charge in [0.25, 0.3) is 11.8 Å². The van der Waals surface area contributed by atoms with E-state index in [0.717, 1.165) is 42.9 Å². The number of hydrogen-bond donors (Lipinski definition) is 4. The number of nitrogen functional groups attached to an aromatic ring is 1. The molecule has 11 heteroatoms. The number of hydrogen-bond acceptors (Lipinski definition) is 8. The van der Waals surface area contributed by atoms with Crippen LogP contribution in [0, 0.1) is 5.82 Å². The molecule has 0 bridgehead atoms. The van der Waals surface area contributed by atoms with Crippen molar-refractivity contribution in [2.75, 3.05) is 47.4 Å². The fourth-order valence-corrected chi connectivity index (χ4v) is 6.11. The molecule has 1 aromatic heterocycles. The molecule has 10 nitrogen and oxygen atoms in total. The molecule has 1 atom stereocenters. The minimum absolute atomic E-state index is 0.0145. The predicted octanol–water partition coefficient (Wildman–Crippen LogP) is 5.35. The number of fused-ring (bicyclic) bond motifs is 1. The fourth-order valence-electron chi connectivity index (χ4n) is 6.11. The molecule has 2 aliphatic rings. The number of benzene rings is 4. The van der Waals surface area contributed by atoms with Crippen LogP contribution in [0.3, 0.4) is 0 Å². The zero-order chi connectivity index (χ0) is 32.3. The number of carbonyl (C=O) groups excluding carboxylic acids is 2. The van der Waals surface area contributed by atoms with Crippen molar-refractivity contribution in [3.63, 3.8) is 0 Å². The van der Waals surface area contributed by atoms with Gasteiger partial charge in [0.15, 0.2) is 0 Å². The highest BCUT2D eigenvalue weighted by atomic mass is 19.1. The first kappa shape index (κ1) is 29.9. The molecule has 3 heterocycles. The van der Waals surface area contributed by atoms with E-state index in [1.165, 1.54) is 24.0 Å². The number of piperazine rings is 1. The lowest BCUT2D eigenvalue weighted by atomic mass is 10.00. The molecular formula is C36H33FN8O2. The molecule has 1 unspecified atom stereocenters. The number of rotatable bonds is 8. The van der Waals surface area contributed by atoms with Crippen LogP contribution in [-0.2, 0) is 11.3 Å². The average molecular weight is 629 g/mol. The first-order chi connectivity index (χ1) is 22.9. The van der Waals surface area contributed by atoms with E-state index in [0.29, 0.717) is 22.6 Å². The van der Waals surface area contributed by atoms with E-state index in [-0.39, 0.29) is 24.1 Å². The summed E-state index contributed by atoms with van der Waals surface area (Å²) in [6.45, 7) is 4.13. The molecule has 0 saturated carbocycles. The Kier molecular flexibility index (Phi) is 8.20. The Labute approximate surface area is 271 Å². The van der Waals surface area contributed by atoms with Crippen molar-refractivity contribution < 1.29 is 14.0 Å². The summed E-state index contributed by atoms with van der Waals surface area (Å²) in [5.41, 5.74) is 11.3. The van der Waals surface area contributed by atoms with Crippen molar-refractivity contribution >= 4 is 40.6 Å². The number of halogens is 1. The summed E-state index contributed by atoms with van der Waals surface area (Å²) in [5.74, 6) is -0.944. The third-order valence-corrected chi connectivity index (χ3v) is 8.47. The SMILES string of the molecule is Nc1nccc(Nc2ccc(NC(=O)C(c3ccccc3)N3Cc4cc(-c5ccc(N6CCNCC6)cc5)ccc4C3=O)c(F)c2)n1. The lowest BCUT2D eigenvalue weighted by Gasteiger charge is -2.29. The van der Waals surface area contributed by atoms with Gasteiger partial charge in [0.2, 0.25) is 5.95 Å². The summed E-state index contributed by atoms with van der Waals surface area (Å²) in [4.78, 5) is 39.5. The largest absolute Gasteiger partial charge is 0.369 e. The second-order valence-corrected chi connectivity index (χ2v) is 11.5. The Bertz CT molecular complexity index is 1930. The second-order valence-electron chi connectivity index (χ2n) is 11.5. The molecule has 0 aliphatic carbocycles. The minimum atomic E-state index is -0.987. The summed E-state index contributed by atoms with van der Waals surface area (Å²) in [6, 6.07) is 28.3. The van der Waals surface area contributed by atoms with Crippen molar-refractivity contribution in [1.29, 1.82) is 0 Å². The molecule has 0 spiro atoms. The van der Waals surface area contributed by atoms with E-state index in [1.807, 2.05) is 36.4 Å². The van der Waals surface area contributed by atoms with E-state index < -0.39 is 17.8 Å². The maximum absolute atomic E-state index is 15.3. The summed E-state index contributed by atoms with van der Waals surface area (Å²) in [5, 5.41) is 9.06. The highest BCUT2D eigenvalue weighted by molar-refractivity contribution is 6.04. The standard InChI is InChI=1S/C36H33FN8O2/c37-30-21-27(41-32-14-15-40-36(38)43-32)9-13-31(30)42-34(46)33(24-4-2-1-3-5-24)45-22-26-20-25(8-12-29(26)35(45)47)23-6-10-28(11-7-23)44-18-16-39-17-19-44/h1-15,20-21,33,39H,16-19,22H2,(H,42,46)(H3,38,40,41,43). The molecule has 5 N–H and O–H groups in total. The summed E-state index contributed by atoms with van der Waals surface area (Å²) >= 11 is 0. The number of nitrogens with zero attached hydrogens (tertiary/aromatic N) is 4. The molecule has 4 aromatic carbocycles. The Hall–Kier alpha value is -5.81. The van der Waals surface area contributed by atoms with Gasteiger partial charge in [-0.3, -0.25) is 9.59 Å². The van der Waals surface area contributed by atoms with Crippen molar-refractivity contribution in [3.8, 4) is 11.1 Å². The maximum atomic E-state index is 15.3. The van der Waals surface area contributed by atoms with Gasteiger partial charge < -0.3 is 31.5 Å². The summed E-state index contributed by atoms with van der Waals surface area (Å²) in [6.07, 6.45) is 1.49. The molecule has 1 saturated heterocycles. The van der Waals surface area contributed by atoms with Crippen LogP contribution in [0.1, 0.15) is 27.5 Å². The highest BCUT2D eigenvalue weighted by Crippen LogP contribution is 2.35. The molecule has 7 rings (SSSR count). The molecule has 5 aromatic rings. The van der Waals surface area contributed by atoms with Gasteiger partial charge in [-0.05, 0) is 70.8 Å². The third-order valence-electron chi connectivity index (χ3n) is 8.47. The van der Waals surface area contributed by atoms with Gasteiger partial charge in [0.1, 0.15) is 17.7 Å². The van der Waals surface area contributed by atoms with Crippen LogP contribution < -0.4 is 26.6 Å². The lowest BCUT2D eigenvalue weighted by molar-refractivity contribution is -0.120. The van der Waals surface area contributed by atoms with E-state index in [1.54, 1.807) is 29.2 Å². The summed E-state index contributed by atoms with van der Waals surface area (Å²) in [7, 11) is 0. The number of anilines is 5. The Balaban J connectivity index is 1.11. The van der Waals surface area contributed by atoms with Gasteiger partial charge in [-0.25, -0.2) is 9.37 Å². The Morgan fingerprint density at radius 1 is 0.915 bits per heavy atom. The number of carbonyl (C=O) groups is 2. The maximum Gasteiger partial charge on any atom is 0.255 e. The van der Waals surface area contributed by atoms with E-state index in [9.17, 15) is 9.59 Å². The number of nitrogens with one attached hydrogen (secondary N) is 3. The van der Waals surface area contributed by atoms with Crippen LogP contribution in [0.25, 0.3) is 11.1 Å². The first-order valence-corrected chi connectivity index (χ1v) is 15.4. The molecule has 47 heavy (non-hydrogen) atoms. The number of nitrogens with two attached hydrogens (primary N) is 1. The zero-order valence-electron chi connectivity index (χ0n) is 25.5. The molecular weight excluding hydrogens is 595 g/mol. The van der Waals surface area contributed by atoms with Crippen LogP contribution in [-0.4, -0.2) is 52.9 Å². The number of aromatic nitrogens is 2. The monoisotopic (exact) mass is 628 g/mol. The van der Waals surface area contributed by atoms with Crippen LogP contribution in [0.5, 0.6) is 0 Å². The topological polar surface area (TPSA) is 129 Å². The zero-order valence-corrected chi connectivity index (χ0v) is 25.5. The van der Waals surface area contributed by atoms with Gasteiger partial charge in [-0.1, -0.05) is 48.5 Å². The Morgan fingerprint density at radius 3 is 2.43 bits per heavy atom. The smallest absolute Gasteiger partial charge is 0.255 e. The van der Waals surface area contributed by atoms with Crippen LogP contribution >= 0.6 is 0 Å². The van der Waals surface area contributed by atoms with E-state index >= 15 is 4.39 Å². The van der Waals surface area contributed by atoms with Crippen molar-refractivity contribution in [1.82, 2.24) is 20.2 Å². The first-order valence-electron chi connectivity index (χ1n) is 15.4. The van der Waals surface area contributed by atoms with Gasteiger partial charge in [-0.2, -0.15) is 4.98 Å². The molecule has 2 aliphatic heterocycles. The molecule has 1 fully saturated rings. The van der Waals surface area contributed by atoms with Crippen molar-refractivity contribution in [2.24, 2.45) is 0 Å². The van der Waals surface area contributed by atoms with Crippen molar-refractivity contribution in [3.05, 3.63) is 126 Å². The van der Waals surface area contributed by atoms with Crippen LogP contribution in [0.4, 0.5) is 33.2 Å². The van der Waals surface area contributed by atoms with Gasteiger partial charge >= 0.3 is 0 Å². The van der Waals surface area contributed by atoms with Gasteiger partial charge in [-0.15, -0.1) is 0 Å². The molecule has 2 amide bonds. The Morgan fingerprint density at radius 2 is 1.68 bits per heavy atom. The molecule has 236 valence electrons. The van der Waals surface area contributed by atoms with Crippen molar-refractivity contribution in [2.45, 2.75) is 12.6 Å². The lowest BCUT2D eigenvalue weighted by Crippen LogP contribution is -2.43. The summed E-state index contributed by atoms with van der Waals surface area (Å²) < 4.78 is 15.3. The van der Waals surface area contributed by atoms with Crippen LogP contribution in [0.15, 0.2) is 103 Å². The normalized spacial score (nSPS) is 14.9. The average Bonchev–Trinajstić information content (AvgIpc) is 3.41. The molecule has 0 radical (unpaired) electrons. The quantitative estimate of drug-likeness (QED) is 0.181. The van der Waals surface area contributed by atoms with Gasteiger partial charge in [0, 0.05) is 55.9 Å². The fraction of sp³-hybridized carbons (Fsp3) is 0.167. The van der Waals surface area contributed by atoms with E-state index in [2.05, 4.69) is 55.1 Å². The third kappa shape index (κ3) is 6.34.